The second-order valence-electron chi connectivity index (χ2n) is 9.42. The van der Waals surface area contributed by atoms with Gasteiger partial charge in [-0.05, 0) is 35.4 Å². The number of amides is 1. The number of oxime groups is 1. The smallest absolute Gasteiger partial charge is 0.259 e. The van der Waals surface area contributed by atoms with Crippen molar-refractivity contribution in [3.8, 4) is 11.8 Å². The molecule has 0 aromatic heterocycles. The maximum absolute atomic E-state index is 13.6. The predicted molar refractivity (Wildman–Crippen MR) is 141 cm³/mol. The van der Waals surface area contributed by atoms with E-state index in [9.17, 15) is 4.79 Å². The highest BCUT2D eigenvalue weighted by atomic mass is 16.6. The zero-order valence-electron chi connectivity index (χ0n) is 20.1. The van der Waals surface area contributed by atoms with Crippen molar-refractivity contribution in [3.05, 3.63) is 101 Å². The van der Waals surface area contributed by atoms with Gasteiger partial charge in [-0.15, -0.1) is 0 Å². The lowest BCUT2D eigenvalue weighted by atomic mass is 10.00. The van der Waals surface area contributed by atoms with Crippen LogP contribution in [-0.4, -0.2) is 55.3 Å². The third kappa shape index (κ3) is 4.64. The first-order chi connectivity index (χ1) is 17.7. The standard InChI is InChI=1S/C30H28N4O2/c35-30-27-7-3-1-5-23(27)13-14-25-6-2-4-8-29(25)34(30)21-26-19-28(32-36-26)24-11-9-22(10-12-24)20-33-17-15-31-16-18-33/h1-12,26,31H,15-21H2. The van der Waals surface area contributed by atoms with Gasteiger partial charge in [0.2, 0.25) is 0 Å². The van der Waals surface area contributed by atoms with Gasteiger partial charge in [0, 0.05) is 50.3 Å². The third-order valence-electron chi connectivity index (χ3n) is 6.95. The van der Waals surface area contributed by atoms with Gasteiger partial charge in [-0.25, -0.2) is 0 Å². The molecule has 0 aliphatic carbocycles. The lowest BCUT2D eigenvalue weighted by Gasteiger charge is -2.27. The molecule has 1 N–H and O–H groups in total. The van der Waals surface area contributed by atoms with E-state index < -0.39 is 0 Å². The predicted octanol–water partition coefficient (Wildman–Crippen LogP) is 3.65. The second kappa shape index (κ2) is 9.98. The van der Waals surface area contributed by atoms with Crippen molar-refractivity contribution in [3.63, 3.8) is 0 Å². The number of hydrogen-bond donors (Lipinski definition) is 1. The molecular formula is C30H28N4O2. The molecule has 180 valence electrons. The van der Waals surface area contributed by atoms with Crippen LogP contribution in [0.3, 0.4) is 0 Å². The Morgan fingerprint density at radius 1 is 0.917 bits per heavy atom. The Bertz CT molecular complexity index is 1360. The summed E-state index contributed by atoms with van der Waals surface area (Å²) >= 11 is 0. The summed E-state index contributed by atoms with van der Waals surface area (Å²) in [7, 11) is 0. The van der Waals surface area contributed by atoms with Gasteiger partial charge in [0.05, 0.1) is 23.5 Å². The molecule has 1 saturated heterocycles. The van der Waals surface area contributed by atoms with Crippen LogP contribution in [0.1, 0.15) is 39.0 Å². The number of anilines is 1. The lowest BCUT2D eigenvalue weighted by molar-refractivity contribution is 0.0817. The normalized spacial score (nSPS) is 19.2. The maximum Gasteiger partial charge on any atom is 0.259 e. The number of nitrogens with zero attached hydrogens (tertiary/aromatic N) is 3. The summed E-state index contributed by atoms with van der Waals surface area (Å²) in [5.74, 6) is 6.34. The minimum absolute atomic E-state index is 0.0682. The zero-order chi connectivity index (χ0) is 24.3. The molecule has 1 unspecified atom stereocenters. The fourth-order valence-corrected chi connectivity index (χ4v) is 4.99. The Kier molecular flexibility index (Phi) is 6.25. The fraction of sp³-hybridized carbons (Fsp3) is 0.267. The number of benzene rings is 3. The summed E-state index contributed by atoms with van der Waals surface area (Å²) in [6.45, 7) is 5.64. The highest BCUT2D eigenvalue weighted by molar-refractivity contribution is 6.09. The van der Waals surface area contributed by atoms with Crippen molar-refractivity contribution in [1.82, 2.24) is 10.2 Å². The van der Waals surface area contributed by atoms with Crippen molar-refractivity contribution in [1.29, 1.82) is 0 Å². The van der Waals surface area contributed by atoms with Crippen LogP contribution in [-0.2, 0) is 11.4 Å². The van der Waals surface area contributed by atoms with Gasteiger partial charge in [-0.1, -0.05) is 65.5 Å². The van der Waals surface area contributed by atoms with Crippen molar-refractivity contribution in [2.24, 2.45) is 5.16 Å². The number of piperazine rings is 1. The molecule has 3 aliphatic rings. The number of rotatable bonds is 5. The number of hydrogen-bond acceptors (Lipinski definition) is 5. The van der Waals surface area contributed by atoms with Gasteiger partial charge in [-0.2, -0.15) is 0 Å². The summed E-state index contributed by atoms with van der Waals surface area (Å²) in [4.78, 5) is 23.8. The van der Waals surface area contributed by atoms with Crippen LogP contribution in [0.4, 0.5) is 5.69 Å². The van der Waals surface area contributed by atoms with Gasteiger partial charge in [-0.3, -0.25) is 9.69 Å². The molecule has 1 atom stereocenters. The first kappa shape index (κ1) is 22.5. The molecule has 1 fully saturated rings. The fourth-order valence-electron chi connectivity index (χ4n) is 4.99. The first-order valence-electron chi connectivity index (χ1n) is 12.5. The summed E-state index contributed by atoms with van der Waals surface area (Å²) in [6, 6.07) is 23.9. The molecule has 6 rings (SSSR count). The van der Waals surface area contributed by atoms with E-state index in [-0.39, 0.29) is 12.0 Å². The summed E-state index contributed by atoms with van der Waals surface area (Å²) in [5.41, 5.74) is 6.28. The van der Waals surface area contributed by atoms with Crippen molar-refractivity contribution in [2.75, 3.05) is 37.6 Å². The second-order valence-corrected chi connectivity index (χ2v) is 9.42. The van der Waals surface area contributed by atoms with E-state index in [4.69, 9.17) is 4.84 Å². The van der Waals surface area contributed by atoms with Gasteiger partial charge in [0.25, 0.3) is 5.91 Å². The molecule has 0 radical (unpaired) electrons. The molecule has 3 aliphatic heterocycles. The molecule has 0 bridgehead atoms. The number of nitrogens with one attached hydrogen (secondary N) is 1. The number of carbonyl (C=O) groups excluding carboxylic acids is 1. The maximum atomic E-state index is 13.6. The highest BCUT2D eigenvalue weighted by Crippen LogP contribution is 2.28. The van der Waals surface area contributed by atoms with Crippen LogP contribution in [0, 0.1) is 11.8 Å². The topological polar surface area (TPSA) is 57.2 Å². The van der Waals surface area contributed by atoms with Crippen LogP contribution in [0.2, 0.25) is 0 Å². The minimum Gasteiger partial charge on any atom is -0.390 e. The summed E-state index contributed by atoms with van der Waals surface area (Å²) in [6.07, 6.45) is 0.424. The lowest BCUT2D eigenvalue weighted by Crippen LogP contribution is -2.42. The minimum atomic E-state index is -0.225. The van der Waals surface area contributed by atoms with E-state index in [1.165, 1.54) is 5.56 Å². The molecule has 0 saturated carbocycles. The molecule has 36 heavy (non-hydrogen) atoms. The average molecular weight is 477 g/mol. The zero-order valence-corrected chi connectivity index (χ0v) is 20.1. The van der Waals surface area contributed by atoms with Crippen LogP contribution in [0.25, 0.3) is 0 Å². The largest absolute Gasteiger partial charge is 0.390 e. The molecule has 3 heterocycles. The van der Waals surface area contributed by atoms with Gasteiger partial charge in [0.15, 0.2) is 6.10 Å². The number of para-hydroxylation sites is 1. The van der Waals surface area contributed by atoms with E-state index in [0.29, 0.717) is 18.5 Å². The van der Waals surface area contributed by atoms with E-state index in [0.717, 1.165) is 60.8 Å². The van der Waals surface area contributed by atoms with Crippen LogP contribution < -0.4 is 10.2 Å². The number of carbonyl (C=O) groups is 1. The van der Waals surface area contributed by atoms with E-state index in [1.807, 2.05) is 48.5 Å². The molecule has 1 amide bonds. The van der Waals surface area contributed by atoms with E-state index >= 15 is 0 Å². The van der Waals surface area contributed by atoms with Gasteiger partial charge in [0.1, 0.15) is 0 Å². The Hall–Kier alpha value is -3.92. The Balaban J connectivity index is 1.17. The molecule has 6 nitrogen and oxygen atoms in total. The van der Waals surface area contributed by atoms with Crippen LogP contribution in [0.5, 0.6) is 0 Å². The van der Waals surface area contributed by atoms with Crippen LogP contribution >= 0.6 is 0 Å². The van der Waals surface area contributed by atoms with E-state index in [1.54, 1.807) is 4.90 Å². The van der Waals surface area contributed by atoms with Crippen molar-refractivity contribution < 1.29 is 9.63 Å². The summed E-state index contributed by atoms with van der Waals surface area (Å²) < 4.78 is 0. The summed E-state index contributed by atoms with van der Waals surface area (Å²) in [5, 5.41) is 7.79. The number of fused-ring (bicyclic) bond motifs is 2. The average Bonchev–Trinajstić information content (AvgIpc) is 3.40. The quantitative estimate of drug-likeness (QED) is 0.572. The molecule has 6 heteroatoms. The Morgan fingerprint density at radius 2 is 1.64 bits per heavy atom. The highest BCUT2D eigenvalue weighted by Gasteiger charge is 2.30. The van der Waals surface area contributed by atoms with Crippen molar-refractivity contribution >= 4 is 17.3 Å². The molecular weight excluding hydrogens is 448 g/mol. The van der Waals surface area contributed by atoms with Gasteiger partial charge >= 0.3 is 0 Å². The first-order valence-corrected chi connectivity index (χ1v) is 12.5. The molecule has 0 spiro atoms. The van der Waals surface area contributed by atoms with Crippen molar-refractivity contribution in [2.45, 2.75) is 19.1 Å². The van der Waals surface area contributed by atoms with Crippen LogP contribution in [0.15, 0.2) is 78.0 Å². The van der Waals surface area contributed by atoms with E-state index in [2.05, 4.69) is 51.5 Å². The molecule has 3 aromatic rings. The molecule has 3 aromatic carbocycles. The van der Waals surface area contributed by atoms with Gasteiger partial charge < -0.3 is 15.1 Å². The third-order valence-corrected chi connectivity index (χ3v) is 6.95. The Labute approximate surface area is 211 Å². The monoisotopic (exact) mass is 476 g/mol. The SMILES string of the molecule is O=C1c2ccccc2C#Cc2ccccc2N1CC1CC(c2ccc(CN3CCNCC3)cc2)=NO1. The Morgan fingerprint density at radius 3 is 2.47 bits per heavy atom.